The minimum Gasteiger partial charge on any atom is -0.292 e. The molecule has 0 bridgehead atoms. The van der Waals surface area contributed by atoms with Crippen molar-refractivity contribution < 1.29 is 4.84 Å². The predicted molar refractivity (Wildman–Crippen MR) is 80.4 cm³/mol. The van der Waals surface area contributed by atoms with Gasteiger partial charge in [0.05, 0.1) is 5.60 Å². The molecule has 0 heterocycles. The van der Waals surface area contributed by atoms with Gasteiger partial charge in [0.15, 0.2) is 0 Å². The van der Waals surface area contributed by atoms with Gasteiger partial charge < -0.3 is 0 Å². The Balaban J connectivity index is 4.45. The molecule has 1 unspecified atom stereocenters. The number of hydroxylamine groups is 2. The number of allylic oxidation sites excluding steroid dienone is 2. The van der Waals surface area contributed by atoms with Crippen LogP contribution < -0.4 is 0 Å². The summed E-state index contributed by atoms with van der Waals surface area (Å²) in [5.74, 6) is 0. The van der Waals surface area contributed by atoms with E-state index in [1.165, 1.54) is 5.57 Å². The Morgan fingerprint density at radius 3 is 2.17 bits per heavy atom. The Hall–Kier alpha value is -0.860. The van der Waals surface area contributed by atoms with Gasteiger partial charge in [0.1, 0.15) is 0 Å². The molecule has 0 aliphatic heterocycles. The first-order chi connectivity index (χ1) is 8.47. The summed E-state index contributed by atoms with van der Waals surface area (Å²) >= 11 is 0. The Kier molecular flexibility index (Phi) is 8.69. The molecule has 1 atom stereocenters. The molecule has 0 spiro atoms. The fourth-order valence-corrected chi connectivity index (χ4v) is 1.70. The molecule has 0 aromatic rings. The summed E-state index contributed by atoms with van der Waals surface area (Å²) in [5, 5.41) is 1.92. The fourth-order valence-electron chi connectivity index (χ4n) is 1.70. The Morgan fingerprint density at radius 1 is 1.22 bits per heavy atom. The molecule has 0 aromatic heterocycles. The molecule has 0 saturated carbocycles. The molecule has 0 fully saturated rings. The summed E-state index contributed by atoms with van der Waals surface area (Å²) < 4.78 is 0. The van der Waals surface area contributed by atoms with Crippen LogP contribution in [-0.2, 0) is 4.84 Å². The lowest BCUT2D eigenvalue weighted by Crippen LogP contribution is -2.38. The molecule has 0 aliphatic carbocycles. The highest BCUT2D eigenvalue weighted by Crippen LogP contribution is 2.24. The Bertz CT molecular complexity index is 269. The quantitative estimate of drug-likeness (QED) is 0.418. The normalized spacial score (nSPS) is 14.1. The van der Waals surface area contributed by atoms with Crippen molar-refractivity contribution in [3.05, 3.63) is 37.0 Å². The topological polar surface area (TPSA) is 12.5 Å². The summed E-state index contributed by atoms with van der Waals surface area (Å²) in [4.78, 5) is 6.11. The summed E-state index contributed by atoms with van der Waals surface area (Å²) in [7, 11) is 0. The van der Waals surface area contributed by atoms with E-state index in [0.29, 0.717) is 0 Å². The fraction of sp³-hybridized carbons (Fsp3) is 0.625. The van der Waals surface area contributed by atoms with E-state index in [2.05, 4.69) is 46.9 Å². The second-order valence-corrected chi connectivity index (χ2v) is 5.14. The van der Waals surface area contributed by atoms with E-state index >= 15 is 0 Å². The monoisotopic (exact) mass is 251 g/mol. The van der Waals surface area contributed by atoms with Crippen LogP contribution in [0, 0.1) is 0 Å². The third-order valence-electron chi connectivity index (χ3n) is 2.99. The number of hydrogen-bond acceptors (Lipinski definition) is 2. The van der Waals surface area contributed by atoms with E-state index in [9.17, 15) is 0 Å². The van der Waals surface area contributed by atoms with Crippen molar-refractivity contribution in [2.24, 2.45) is 0 Å². The maximum Gasteiger partial charge on any atom is 0.0872 e. The third kappa shape index (κ3) is 7.46. The van der Waals surface area contributed by atoms with E-state index in [1.807, 2.05) is 17.2 Å². The average Bonchev–Trinajstić information content (AvgIpc) is 2.29. The molecule has 0 radical (unpaired) electrons. The molecule has 104 valence electrons. The molecule has 0 saturated heterocycles. The van der Waals surface area contributed by atoms with Gasteiger partial charge >= 0.3 is 0 Å². The lowest BCUT2D eigenvalue weighted by molar-refractivity contribution is -0.234. The van der Waals surface area contributed by atoms with Gasteiger partial charge in [-0.3, -0.25) is 4.84 Å². The first-order valence-corrected chi connectivity index (χ1v) is 6.76. The second-order valence-electron chi connectivity index (χ2n) is 5.14. The maximum atomic E-state index is 6.11. The molecule has 18 heavy (non-hydrogen) atoms. The van der Waals surface area contributed by atoms with E-state index in [1.54, 1.807) is 0 Å². The first-order valence-electron chi connectivity index (χ1n) is 6.76. The van der Waals surface area contributed by atoms with E-state index in [4.69, 9.17) is 4.84 Å². The molecular formula is C16H29NO. The zero-order valence-corrected chi connectivity index (χ0v) is 12.5. The lowest BCUT2D eigenvalue weighted by atomic mass is 9.96. The van der Waals surface area contributed by atoms with Crippen molar-refractivity contribution >= 4 is 0 Å². The van der Waals surface area contributed by atoms with Gasteiger partial charge in [-0.1, -0.05) is 30.7 Å². The van der Waals surface area contributed by atoms with Gasteiger partial charge in [-0.15, -0.1) is 13.2 Å². The zero-order chi connectivity index (χ0) is 14.0. The highest BCUT2D eigenvalue weighted by atomic mass is 16.7. The summed E-state index contributed by atoms with van der Waals surface area (Å²) in [6.45, 7) is 17.6. The van der Waals surface area contributed by atoms with Crippen molar-refractivity contribution in [1.29, 1.82) is 0 Å². The van der Waals surface area contributed by atoms with E-state index in [-0.39, 0.29) is 5.60 Å². The van der Waals surface area contributed by atoms with Crippen LogP contribution in [0.15, 0.2) is 37.0 Å². The molecule has 0 aromatic carbocycles. The van der Waals surface area contributed by atoms with E-state index < -0.39 is 0 Å². The molecular weight excluding hydrogens is 222 g/mol. The van der Waals surface area contributed by atoms with Crippen LogP contribution in [0.3, 0.4) is 0 Å². The van der Waals surface area contributed by atoms with Crippen molar-refractivity contribution in [3.8, 4) is 0 Å². The van der Waals surface area contributed by atoms with Crippen molar-refractivity contribution in [2.75, 3.05) is 13.1 Å². The standard InChI is InChI=1S/C16H29NO/c1-7-13-17(14-8-2)18-16(6,9-3)12-10-11-15(4)5/h7-8,11H,1-2,9-10,12-14H2,3-6H3. The summed E-state index contributed by atoms with van der Waals surface area (Å²) in [5.41, 5.74) is 1.25. The van der Waals surface area contributed by atoms with Crippen LogP contribution in [0.25, 0.3) is 0 Å². The van der Waals surface area contributed by atoms with Gasteiger partial charge in [-0.05, 0) is 40.0 Å². The average molecular weight is 251 g/mol. The molecule has 0 aliphatic rings. The predicted octanol–water partition coefficient (Wildman–Crippen LogP) is 4.51. The van der Waals surface area contributed by atoms with Gasteiger partial charge in [-0.25, -0.2) is 0 Å². The van der Waals surface area contributed by atoms with Crippen molar-refractivity contribution in [1.82, 2.24) is 5.06 Å². The molecule has 2 heteroatoms. The Labute approximate surface area is 113 Å². The number of hydrogen-bond donors (Lipinski definition) is 0. The van der Waals surface area contributed by atoms with Crippen molar-refractivity contribution in [3.63, 3.8) is 0 Å². The smallest absolute Gasteiger partial charge is 0.0872 e. The highest BCUT2D eigenvalue weighted by molar-refractivity contribution is 4.94. The molecule has 0 amide bonds. The number of rotatable bonds is 10. The van der Waals surface area contributed by atoms with Gasteiger partial charge in [0.25, 0.3) is 0 Å². The lowest BCUT2D eigenvalue weighted by Gasteiger charge is -2.33. The third-order valence-corrected chi connectivity index (χ3v) is 2.99. The van der Waals surface area contributed by atoms with Crippen LogP contribution in [0.2, 0.25) is 0 Å². The van der Waals surface area contributed by atoms with Crippen LogP contribution in [-0.4, -0.2) is 23.8 Å². The van der Waals surface area contributed by atoms with Crippen LogP contribution >= 0.6 is 0 Å². The molecule has 0 N–H and O–H groups in total. The van der Waals surface area contributed by atoms with Crippen LogP contribution in [0.5, 0.6) is 0 Å². The van der Waals surface area contributed by atoms with Gasteiger partial charge in [-0.2, -0.15) is 5.06 Å². The maximum absolute atomic E-state index is 6.11. The number of nitrogens with zero attached hydrogens (tertiary/aromatic N) is 1. The Morgan fingerprint density at radius 2 is 1.78 bits per heavy atom. The molecule has 0 rings (SSSR count). The SMILES string of the molecule is C=CCN(CC=C)OC(C)(CC)CCC=C(C)C. The second kappa shape index (κ2) is 9.12. The largest absolute Gasteiger partial charge is 0.292 e. The van der Waals surface area contributed by atoms with Crippen molar-refractivity contribution in [2.45, 2.75) is 52.6 Å². The van der Waals surface area contributed by atoms with Crippen LogP contribution in [0.1, 0.15) is 47.0 Å². The van der Waals surface area contributed by atoms with E-state index in [0.717, 1.165) is 32.4 Å². The minimum absolute atomic E-state index is 0.113. The zero-order valence-electron chi connectivity index (χ0n) is 12.5. The minimum atomic E-state index is -0.113. The van der Waals surface area contributed by atoms with Gasteiger partial charge in [0, 0.05) is 13.1 Å². The van der Waals surface area contributed by atoms with Crippen LogP contribution in [0.4, 0.5) is 0 Å². The highest BCUT2D eigenvalue weighted by Gasteiger charge is 2.25. The van der Waals surface area contributed by atoms with Gasteiger partial charge in [0.2, 0.25) is 0 Å². The summed E-state index contributed by atoms with van der Waals surface area (Å²) in [6.07, 6.45) is 9.06. The summed E-state index contributed by atoms with van der Waals surface area (Å²) in [6, 6.07) is 0. The first kappa shape index (κ1) is 17.1. The molecule has 2 nitrogen and oxygen atoms in total.